The number of likely N-dealkylation sites (tertiary alicyclic amines) is 1. The van der Waals surface area contributed by atoms with Gasteiger partial charge < -0.3 is 4.90 Å². The standard InChI is InChI=1S/C13H17Cl2N/c1-10-8-11(4-5-12(10)14)13(15)9-16-6-2-3-7-16/h4-5,8,13H,2-3,6-7,9H2,1H3. The molecule has 1 aromatic carbocycles. The number of aryl methyl sites for hydroxylation is 1. The zero-order chi connectivity index (χ0) is 11.5. The Morgan fingerprint density at radius 3 is 2.62 bits per heavy atom. The smallest absolute Gasteiger partial charge is 0.0712 e. The highest BCUT2D eigenvalue weighted by Gasteiger charge is 2.17. The molecule has 0 amide bonds. The molecule has 0 saturated carbocycles. The molecular formula is C13H17Cl2N. The third-order valence-corrected chi connectivity index (χ3v) is 3.97. The van der Waals surface area contributed by atoms with Crippen LogP contribution >= 0.6 is 23.2 Å². The largest absolute Gasteiger partial charge is 0.302 e. The molecule has 0 N–H and O–H groups in total. The zero-order valence-electron chi connectivity index (χ0n) is 9.55. The van der Waals surface area contributed by atoms with E-state index in [1.165, 1.54) is 31.5 Å². The molecule has 1 atom stereocenters. The number of nitrogens with zero attached hydrogens (tertiary/aromatic N) is 1. The number of alkyl halides is 1. The van der Waals surface area contributed by atoms with Gasteiger partial charge in [0, 0.05) is 11.6 Å². The van der Waals surface area contributed by atoms with Crippen molar-refractivity contribution in [3.63, 3.8) is 0 Å². The van der Waals surface area contributed by atoms with Gasteiger partial charge in [0.15, 0.2) is 0 Å². The molecule has 0 aromatic heterocycles. The average molecular weight is 258 g/mol. The van der Waals surface area contributed by atoms with Crippen molar-refractivity contribution in [3.8, 4) is 0 Å². The Morgan fingerprint density at radius 1 is 1.31 bits per heavy atom. The van der Waals surface area contributed by atoms with Crippen LogP contribution in [0.4, 0.5) is 0 Å². The van der Waals surface area contributed by atoms with Gasteiger partial charge in [0.2, 0.25) is 0 Å². The van der Waals surface area contributed by atoms with Gasteiger partial charge in [-0.05, 0) is 50.0 Å². The molecule has 0 radical (unpaired) electrons. The second-order valence-corrected chi connectivity index (χ2v) is 5.42. The molecule has 16 heavy (non-hydrogen) atoms. The monoisotopic (exact) mass is 257 g/mol. The molecule has 1 fully saturated rings. The van der Waals surface area contributed by atoms with Gasteiger partial charge >= 0.3 is 0 Å². The van der Waals surface area contributed by atoms with E-state index in [0.29, 0.717) is 0 Å². The molecule has 1 saturated heterocycles. The number of hydrogen-bond donors (Lipinski definition) is 0. The van der Waals surface area contributed by atoms with Crippen molar-refractivity contribution in [2.45, 2.75) is 25.1 Å². The van der Waals surface area contributed by atoms with E-state index in [-0.39, 0.29) is 5.38 Å². The number of benzene rings is 1. The fourth-order valence-electron chi connectivity index (χ4n) is 2.16. The van der Waals surface area contributed by atoms with Gasteiger partial charge in [-0.15, -0.1) is 11.6 Å². The van der Waals surface area contributed by atoms with Crippen molar-refractivity contribution >= 4 is 23.2 Å². The van der Waals surface area contributed by atoms with Gasteiger partial charge in [0.25, 0.3) is 0 Å². The lowest BCUT2D eigenvalue weighted by Crippen LogP contribution is -2.23. The molecule has 1 unspecified atom stereocenters. The van der Waals surface area contributed by atoms with Gasteiger partial charge in [-0.25, -0.2) is 0 Å². The van der Waals surface area contributed by atoms with Gasteiger partial charge in [-0.3, -0.25) is 0 Å². The zero-order valence-corrected chi connectivity index (χ0v) is 11.1. The number of hydrogen-bond acceptors (Lipinski definition) is 1. The molecular weight excluding hydrogens is 241 g/mol. The SMILES string of the molecule is Cc1cc(C(Cl)CN2CCCC2)ccc1Cl. The van der Waals surface area contributed by atoms with Crippen LogP contribution in [0, 0.1) is 6.92 Å². The maximum absolute atomic E-state index is 6.43. The molecule has 0 bridgehead atoms. The van der Waals surface area contributed by atoms with E-state index >= 15 is 0 Å². The summed E-state index contributed by atoms with van der Waals surface area (Å²) >= 11 is 12.4. The van der Waals surface area contributed by atoms with E-state index in [9.17, 15) is 0 Å². The summed E-state index contributed by atoms with van der Waals surface area (Å²) in [4.78, 5) is 2.43. The highest BCUT2D eigenvalue weighted by Crippen LogP contribution is 2.26. The number of rotatable bonds is 3. The first kappa shape index (κ1) is 12.2. The highest BCUT2D eigenvalue weighted by molar-refractivity contribution is 6.31. The summed E-state index contributed by atoms with van der Waals surface area (Å²) in [7, 11) is 0. The lowest BCUT2D eigenvalue weighted by atomic mass is 10.1. The normalized spacial score (nSPS) is 18.9. The maximum atomic E-state index is 6.43. The van der Waals surface area contributed by atoms with E-state index in [1.54, 1.807) is 0 Å². The summed E-state index contributed by atoms with van der Waals surface area (Å²) < 4.78 is 0. The van der Waals surface area contributed by atoms with Gasteiger partial charge in [0.1, 0.15) is 0 Å². The van der Waals surface area contributed by atoms with Gasteiger partial charge in [-0.2, -0.15) is 0 Å². The van der Waals surface area contributed by atoms with Crippen LogP contribution in [0.3, 0.4) is 0 Å². The summed E-state index contributed by atoms with van der Waals surface area (Å²) in [6, 6.07) is 6.06. The van der Waals surface area contributed by atoms with E-state index in [2.05, 4.69) is 11.0 Å². The first-order valence-corrected chi connectivity index (χ1v) is 6.61. The number of halogens is 2. The third kappa shape index (κ3) is 2.91. The maximum Gasteiger partial charge on any atom is 0.0712 e. The lowest BCUT2D eigenvalue weighted by molar-refractivity contribution is 0.339. The Morgan fingerprint density at radius 2 is 2.00 bits per heavy atom. The molecule has 3 heteroatoms. The lowest BCUT2D eigenvalue weighted by Gasteiger charge is -2.19. The van der Waals surface area contributed by atoms with Crippen LogP contribution in [-0.2, 0) is 0 Å². The summed E-state index contributed by atoms with van der Waals surface area (Å²) in [6.45, 7) is 5.35. The predicted octanol–water partition coefficient (Wildman–Crippen LogP) is 4.02. The Labute approximate surface area is 107 Å². The van der Waals surface area contributed by atoms with Crippen molar-refractivity contribution in [2.75, 3.05) is 19.6 Å². The van der Waals surface area contributed by atoms with Crippen LogP contribution in [0.1, 0.15) is 29.3 Å². The first-order valence-electron chi connectivity index (χ1n) is 5.79. The Hall–Kier alpha value is -0.240. The minimum absolute atomic E-state index is 0.0778. The van der Waals surface area contributed by atoms with Crippen LogP contribution in [0.5, 0.6) is 0 Å². The topological polar surface area (TPSA) is 3.24 Å². The highest BCUT2D eigenvalue weighted by atomic mass is 35.5. The molecule has 0 aliphatic carbocycles. The molecule has 1 aromatic rings. The summed E-state index contributed by atoms with van der Waals surface area (Å²) in [5, 5.41) is 0.892. The molecule has 0 spiro atoms. The molecule has 1 nitrogen and oxygen atoms in total. The van der Waals surface area contributed by atoms with Crippen LogP contribution in [-0.4, -0.2) is 24.5 Å². The molecule has 88 valence electrons. The Kier molecular flexibility index (Phi) is 4.12. The predicted molar refractivity (Wildman–Crippen MR) is 70.5 cm³/mol. The van der Waals surface area contributed by atoms with E-state index < -0.39 is 0 Å². The van der Waals surface area contributed by atoms with Crippen LogP contribution in [0.15, 0.2) is 18.2 Å². The van der Waals surface area contributed by atoms with E-state index in [1.807, 2.05) is 19.1 Å². The molecule has 1 heterocycles. The minimum atomic E-state index is 0.0778. The second kappa shape index (κ2) is 5.39. The quantitative estimate of drug-likeness (QED) is 0.740. The second-order valence-electron chi connectivity index (χ2n) is 4.48. The Bertz CT molecular complexity index is 359. The molecule has 2 rings (SSSR count). The summed E-state index contributed by atoms with van der Waals surface area (Å²) in [5.74, 6) is 0. The van der Waals surface area contributed by atoms with Gasteiger partial charge in [-0.1, -0.05) is 23.7 Å². The fraction of sp³-hybridized carbons (Fsp3) is 0.538. The summed E-state index contributed by atoms with van der Waals surface area (Å²) in [6.07, 6.45) is 2.62. The van der Waals surface area contributed by atoms with Crippen LogP contribution in [0.25, 0.3) is 0 Å². The molecule has 1 aliphatic rings. The van der Waals surface area contributed by atoms with Crippen molar-refractivity contribution in [1.82, 2.24) is 4.90 Å². The average Bonchev–Trinajstić information content (AvgIpc) is 2.74. The van der Waals surface area contributed by atoms with Crippen molar-refractivity contribution in [3.05, 3.63) is 34.3 Å². The van der Waals surface area contributed by atoms with Crippen molar-refractivity contribution in [1.29, 1.82) is 0 Å². The minimum Gasteiger partial charge on any atom is -0.302 e. The van der Waals surface area contributed by atoms with Crippen molar-refractivity contribution < 1.29 is 0 Å². The van der Waals surface area contributed by atoms with Crippen LogP contribution < -0.4 is 0 Å². The Balaban J connectivity index is 2.02. The van der Waals surface area contributed by atoms with Crippen LogP contribution in [0.2, 0.25) is 5.02 Å². The van der Waals surface area contributed by atoms with E-state index in [4.69, 9.17) is 23.2 Å². The van der Waals surface area contributed by atoms with Crippen molar-refractivity contribution in [2.24, 2.45) is 0 Å². The fourth-order valence-corrected chi connectivity index (χ4v) is 2.61. The van der Waals surface area contributed by atoms with E-state index in [0.717, 1.165) is 17.1 Å². The van der Waals surface area contributed by atoms with Gasteiger partial charge in [0.05, 0.1) is 5.38 Å². The summed E-state index contributed by atoms with van der Waals surface area (Å²) in [5.41, 5.74) is 2.28. The third-order valence-electron chi connectivity index (χ3n) is 3.16. The molecule has 1 aliphatic heterocycles. The first-order chi connectivity index (χ1) is 7.66.